The van der Waals surface area contributed by atoms with Crippen molar-refractivity contribution >= 4 is 34.5 Å². The van der Waals surface area contributed by atoms with Crippen molar-refractivity contribution < 1.29 is 9.53 Å². The number of carbonyl (C=O) groups is 1. The molecule has 34 heavy (non-hydrogen) atoms. The van der Waals surface area contributed by atoms with Crippen LogP contribution in [0.25, 0.3) is 17.0 Å². The van der Waals surface area contributed by atoms with Crippen molar-refractivity contribution in [3.05, 3.63) is 71.4 Å². The Bertz CT molecular complexity index is 1130. The van der Waals surface area contributed by atoms with E-state index >= 15 is 0 Å². The Hall–Kier alpha value is -2.76. The lowest BCUT2D eigenvalue weighted by Gasteiger charge is -2.34. The molecule has 180 valence electrons. The number of fused-ring (bicyclic) bond motifs is 1. The monoisotopic (exact) mass is 479 g/mol. The van der Waals surface area contributed by atoms with Crippen molar-refractivity contribution in [1.82, 2.24) is 14.4 Å². The maximum absolute atomic E-state index is 13.0. The summed E-state index contributed by atoms with van der Waals surface area (Å²) in [6.07, 6.45) is 5.64. The highest BCUT2D eigenvalue weighted by Crippen LogP contribution is 2.30. The Morgan fingerprint density at radius 3 is 2.53 bits per heavy atom. The third-order valence-electron chi connectivity index (χ3n) is 6.73. The van der Waals surface area contributed by atoms with Crippen LogP contribution < -0.4 is 4.74 Å². The molecule has 0 unspecified atom stereocenters. The Morgan fingerprint density at radius 2 is 1.82 bits per heavy atom. The van der Waals surface area contributed by atoms with E-state index in [0.717, 1.165) is 80.0 Å². The lowest BCUT2D eigenvalue weighted by atomic mass is 10.1. The number of aryl methyl sites for hydroxylation is 1. The van der Waals surface area contributed by atoms with Gasteiger partial charge in [0.15, 0.2) is 0 Å². The minimum Gasteiger partial charge on any atom is -0.497 e. The Balaban J connectivity index is 1.41. The second-order valence-corrected chi connectivity index (χ2v) is 9.19. The van der Waals surface area contributed by atoms with E-state index in [9.17, 15) is 4.79 Å². The SMILES string of the molecule is COc1ccc2c(c1)c(C=CC(=O)N1CCN(CCc3ccccc3)CC1)c(C)n2CCCCl. The molecule has 0 N–H and O–H groups in total. The lowest BCUT2D eigenvalue weighted by molar-refractivity contribution is -0.127. The highest BCUT2D eigenvalue weighted by Gasteiger charge is 2.20. The zero-order valence-electron chi connectivity index (χ0n) is 20.2. The van der Waals surface area contributed by atoms with E-state index < -0.39 is 0 Å². The van der Waals surface area contributed by atoms with Crippen molar-refractivity contribution in [2.45, 2.75) is 26.3 Å². The van der Waals surface area contributed by atoms with Crippen LogP contribution in [0, 0.1) is 6.92 Å². The number of hydrogen-bond acceptors (Lipinski definition) is 3. The van der Waals surface area contributed by atoms with Crippen LogP contribution in [0.2, 0.25) is 0 Å². The van der Waals surface area contributed by atoms with Crippen LogP contribution in [0.3, 0.4) is 0 Å². The van der Waals surface area contributed by atoms with Gasteiger partial charge in [0.25, 0.3) is 0 Å². The zero-order chi connectivity index (χ0) is 23.9. The first kappa shape index (κ1) is 24.4. The first-order valence-electron chi connectivity index (χ1n) is 12.1. The summed E-state index contributed by atoms with van der Waals surface area (Å²) < 4.78 is 7.74. The van der Waals surface area contributed by atoms with Gasteiger partial charge in [-0.2, -0.15) is 0 Å². The van der Waals surface area contributed by atoms with Crippen LogP contribution in [0.15, 0.2) is 54.6 Å². The molecule has 0 bridgehead atoms. The van der Waals surface area contributed by atoms with E-state index in [1.807, 2.05) is 17.0 Å². The highest BCUT2D eigenvalue weighted by molar-refractivity contribution is 6.17. The van der Waals surface area contributed by atoms with Gasteiger partial charge in [-0.1, -0.05) is 30.3 Å². The Morgan fingerprint density at radius 1 is 1.06 bits per heavy atom. The average Bonchev–Trinajstić information content (AvgIpc) is 3.15. The lowest BCUT2D eigenvalue weighted by Crippen LogP contribution is -2.48. The van der Waals surface area contributed by atoms with Crippen molar-refractivity contribution in [2.24, 2.45) is 0 Å². The maximum Gasteiger partial charge on any atom is 0.246 e. The van der Waals surface area contributed by atoms with Gasteiger partial charge in [0.05, 0.1) is 7.11 Å². The molecule has 0 saturated carbocycles. The highest BCUT2D eigenvalue weighted by atomic mass is 35.5. The molecule has 0 radical (unpaired) electrons. The normalized spacial score (nSPS) is 14.9. The van der Waals surface area contributed by atoms with E-state index in [0.29, 0.717) is 5.88 Å². The molecule has 1 aliphatic heterocycles. The van der Waals surface area contributed by atoms with E-state index in [2.05, 4.69) is 58.9 Å². The summed E-state index contributed by atoms with van der Waals surface area (Å²) in [5.41, 5.74) is 4.71. The van der Waals surface area contributed by atoms with Crippen molar-refractivity contribution in [2.75, 3.05) is 45.7 Å². The number of nitrogens with zero attached hydrogens (tertiary/aromatic N) is 3. The summed E-state index contributed by atoms with van der Waals surface area (Å²) in [6, 6.07) is 16.7. The van der Waals surface area contributed by atoms with Crippen LogP contribution in [-0.4, -0.2) is 66.0 Å². The fourth-order valence-corrected chi connectivity index (χ4v) is 4.83. The Labute approximate surface area is 207 Å². The number of halogens is 1. The van der Waals surface area contributed by atoms with E-state index in [1.165, 1.54) is 5.56 Å². The topological polar surface area (TPSA) is 37.7 Å². The van der Waals surface area contributed by atoms with Crippen LogP contribution in [0.1, 0.15) is 23.2 Å². The first-order chi connectivity index (χ1) is 16.6. The number of carbonyl (C=O) groups excluding carboxylic acids is 1. The summed E-state index contributed by atoms with van der Waals surface area (Å²) in [5, 5.41) is 1.10. The molecule has 2 heterocycles. The van der Waals surface area contributed by atoms with Crippen LogP contribution >= 0.6 is 11.6 Å². The molecule has 1 amide bonds. The van der Waals surface area contributed by atoms with Crippen molar-refractivity contribution in [1.29, 1.82) is 0 Å². The minimum absolute atomic E-state index is 0.0756. The van der Waals surface area contributed by atoms with Crippen LogP contribution in [0.5, 0.6) is 5.75 Å². The van der Waals surface area contributed by atoms with Gasteiger partial charge in [-0.05, 0) is 49.6 Å². The predicted molar refractivity (Wildman–Crippen MR) is 141 cm³/mol. The summed E-state index contributed by atoms with van der Waals surface area (Å²) in [7, 11) is 1.68. The molecule has 6 heteroatoms. The van der Waals surface area contributed by atoms with E-state index in [-0.39, 0.29) is 5.91 Å². The molecule has 2 aromatic carbocycles. The van der Waals surface area contributed by atoms with Crippen molar-refractivity contribution in [3.8, 4) is 5.75 Å². The van der Waals surface area contributed by atoms with Gasteiger partial charge in [-0.15, -0.1) is 11.6 Å². The van der Waals surface area contributed by atoms with Crippen LogP contribution in [0.4, 0.5) is 0 Å². The molecular weight excluding hydrogens is 446 g/mol. The number of alkyl halides is 1. The third-order valence-corrected chi connectivity index (χ3v) is 7.00. The first-order valence-corrected chi connectivity index (χ1v) is 12.6. The zero-order valence-corrected chi connectivity index (χ0v) is 20.9. The van der Waals surface area contributed by atoms with E-state index in [4.69, 9.17) is 16.3 Å². The number of methoxy groups -OCH3 is 1. The van der Waals surface area contributed by atoms with Gasteiger partial charge in [0.1, 0.15) is 5.75 Å². The molecule has 4 rings (SSSR count). The average molecular weight is 480 g/mol. The largest absolute Gasteiger partial charge is 0.497 e. The maximum atomic E-state index is 13.0. The van der Waals surface area contributed by atoms with Gasteiger partial charge >= 0.3 is 0 Å². The molecular formula is C28H34ClN3O2. The summed E-state index contributed by atoms with van der Waals surface area (Å²) in [5.74, 6) is 1.51. The van der Waals surface area contributed by atoms with Crippen molar-refractivity contribution in [3.63, 3.8) is 0 Å². The molecule has 1 saturated heterocycles. The van der Waals surface area contributed by atoms with Gasteiger partial charge in [0, 0.05) is 73.4 Å². The third kappa shape index (κ3) is 5.65. The molecule has 0 spiro atoms. The number of amides is 1. The fraction of sp³-hybridized carbons (Fsp3) is 0.393. The predicted octanol–water partition coefficient (Wildman–Crippen LogP) is 4.99. The minimum atomic E-state index is 0.0756. The molecule has 5 nitrogen and oxygen atoms in total. The summed E-state index contributed by atoms with van der Waals surface area (Å²) in [6.45, 7) is 7.36. The second kappa shape index (κ2) is 11.6. The summed E-state index contributed by atoms with van der Waals surface area (Å²) in [4.78, 5) is 17.4. The second-order valence-electron chi connectivity index (χ2n) is 8.81. The standard InChI is InChI=1S/C28H34ClN3O2/c1-22-25(26-21-24(34-2)9-11-27(26)32(22)15-6-14-29)10-12-28(33)31-19-17-30(18-20-31)16-13-23-7-4-3-5-8-23/h3-5,7-12,21H,6,13-20H2,1-2H3. The molecule has 3 aromatic rings. The number of benzene rings is 2. The Kier molecular flexibility index (Phi) is 8.30. The van der Waals surface area contributed by atoms with Gasteiger partial charge in [0.2, 0.25) is 5.91 Å². The van der Waals surface area contributed by atoms with E-state index in [1.54, 1.807) is 13.2 Å². The van der Waals surface area contributed by atoms with Gasteiger partial charge in [-0.3, -0.25) is 9.69 Å². The molecule has 0 atom stereocenters. The number of aromatic nitrogens is 1. The molecule has 1 aliphatic rings. The van der Waals surface area contributed by atoms with Gasteiger partial charge < -0.3 is 14.2 Å². The van der Waals surface area contributed by atoms with Crippen LogP contribution in [-0.2, 0) is 17.8 Å². The molecule has 1 fully saturated rings. The number of ether oxygens (including phenoxy) is 1. The number of hydrogen-bond donors (Lipinski definition) is 0. The number of piperazine rings is 1. The van der Waals surface area contributed by atoms with Gasteiger partial charge in [-0.25, -0.2) is 0 Å². The number of rotatable bonds is 9. The molecule has 1 aromatic heterocycles. The molecule has 0 aliphatic carbocycles. The quantitative estimate of drug-likeness (QED) is 0.320. The smallest absolute Gasteiger partial charge is 0.246 e. The fourth-order valence-electron chi connectivity index (χ4n) is 4.71. The summed E-state index contributed by atoms with van der Waals surface area (Å²) >= 11 is 5.96.